The molecule has 1 amide bonds. The van der Waals surface area contributed by atoms with Gasteiger partial charge in [0.05, 0.1) is 23.3 Å². The largest absolute Gasteiger partial charge is 0.408 e. The molecule has 5 rings (SSSR count). The Bertz CT molecular complexity index is 1440. The van der Waals surface area contributed by atoms with Crippen LogP contribution >= 0.6 is 0 Å². The Kier molecular flexibility index (Phi) is 5.77. The van der Waals surface area contributed by atoms with Crippen molar-refractivity contribution in [1.82, 2.24) is 29.3 Å². The average molecular weight is 503 g/mol. The first kappa shape index (κ1) is 23.6. The van der Waals surface area contributed by atoms with Crippen LogP contribution in [0.3, 0.4) is 0 Å². The summed E-state index contributed by atoms with van der Waals surface area (Å²) in [7, 11) is 0. The molecule has 1 atom stereocenters. The maximum atomic E-state index is 14.5. The van der Waals surface area contributed by atoms with Gasteiger partial charge in [-0.05, 0) is 38.0 Å². The van der Waals surface area contributed by atoms with Crippen molar-refractivity contribution >= 4 is 11.7 Å². The summed E-state index contributed by atoms with van der Waals surface area (Å²) in [5.74, 6) is -3.51. The third-order valence-electron chi connectivity index (χ3n) is 5.84. The van der Waals surface area contributed by atoms with Gasteiger partial charge in [-0.25, -0.2) is 18.7 Å². The second-order valence-electron chi connectivity index (χ2n) is 8.41. The Morgan fingerprint density at radius 1 is 1.17 bits per heavy atom. The smallest absolute Gasteiger partial charge is 0.306 e. The number of hydrogen-bond acceptors (Lipinski definition) is 5. The van der Waals surface area contributed by atoms with Crippen LogP contribution < -0.4 is 5.32 Å². The van der Waals surface area contributed by atoms with Crippen LogP contribution in [-0.2, 0) is 0 Å². The fourth-order valence-electron chi connectivity index (χ4n) is 3.64. The van der Waals surface area contributed by atoms with Gasteiger partial charge in [-0.1, -0.05) is 6.07 Å². The maximum absolute atomic E-state index is 14.5. The molecule has 1 unspecified atom stereocenters. The van der Waals surface area contributed by atoms with E-state index in [4.69, 9.17) is 0 Å². The van der Waals surface area contributed by atoms with Crippen molar-refractivity contribution in [2.75, 3.05) is 5.32 Å². The molecule has 1 aliphatic carbocycles. The Morgan fingerprint density at radius 2 is 1.94 bits per heavy atom. The van der Waals surface area contributed by atoms with Crippen LogP contribution in [0.25, 0.3) is 17.2 Å². The quantitative estimate of drug-likeness (QED) is 0.372. The van der Waals surface area contributed by atoms with Crippen LogP contribution in [0.1, 0.15) is 47.8 Å². The predicted octanol–water partition coefficient (Wildman–Crippen LogP) is 5.06. The molecule has 0 bridgehead atoms. The minimum absolute atomic E-state index is 0.00664. The van der Waals surface area contributed by atoms with Gasteiger partial charge < -0.3 is 14.5 Å². The molecule has 3 heterocycles. The summed E-state index contributed by atoms with van der Waals surface area (Å²) in [6, 6.07) is 4.37. The predicted molar refractivity (Wildman–Crippen MR) is 117 cm³/mol. The van der Waals surface area contributed by atoms with E-state index < -0.39 is 35.3 Å². The van der Waals surface area contributed by atoms with Crippen LogP contribution in [0, 0.1) is 11.6 Å². The molecule has 4 aromatic rings. The molecule has 3 aromatic heterocycles. The fourth-order valence-corrected chi connectivity index (χ4v) is 3.64. The topological polar surface area (TPSA) is 90.5 Å². The van der Waals surface area contributed by atoms with Crippen molar-refractivity contribution in [1.29, 1.82) is 0 Å². The minimum atomic E-state index is -4.55. The summed E-state index contributed by atoms with van der Waals surface area (Å²) < 4.78 is 70.8. The van der Waals surface area contributed by atoms with Crippen LogP contribution in [-0.4, -0.2) is 41.4 Å². The Balaban J connectivity index is 1.42. The van der Waals surface area contributed by atoms with Gasteiger partial charge in [-0.15, -0.1) is 10.2 Å². The highest BCUT2D eigenvalue weighted by atomic mass is 19.4. The van der Waals surface area contributed by atoms with Gasteiger partial charge in [-0.2, -0.15) is 13.2 Å². The number of alkyl halides is 3. The van der Waals surface area contributed by atoms with Crippen molar-refractivity contribution in [3.05, 3.63) is 72.1 Å². The first-order valence-corrected chi connectivity index (χ1v) is 10.9. The van der Waals surface area contributed by atoms with Crippen LogP contribution in [0.4, 0.5) is 27.8 Å². The number of imidazole rings is 1. The summed E-state index contributed by atoms with van der Waals surface area (Å²) in [6.07, 6.45) is 1.57. The Labute approximate surface area is 200 Å². The van der Waals surface area contributed by atoms with E-state index in [1.54, 1.807) is 6.20 Å². The molecule has 0 spiro atoms. The highest BCUT2D eigenvalue weighted by Crippen LogP contribution is 2.39. The van der Waals surface area contributed by atoms with E-state index in [-0.39, 0.29) is 23.0 Å². The van der Waals surface area contributed by atoms with Gasteiger partial charge in [0.25, 0.3) is 5.91 Å². The first-order chi connectivity index (χ1) is 17.1. The van der Waals surface area contributed by atoms with E-state index >= 15 is 0 Å². The molecular formula is C23H18F5N7O. The second kappa shape index (κ2) is 8.81. The lowest BCUT2D eigenvalue weighted by Gasteiger charge is -2.18. The van der Waals surface area contributed by atoms with Crippen molar-refractivity contribution in [2.45, 2.75) is 37.9 Å². The van der Waals surface area contributed by atoms with Gasteiger partial charge in [0.2, 0.25) is 0 Å². The van der Waals surface area contributed by atoms with Crippen molar-refractivity contribution in [3.8, 4) is 17.2 Å². The molecule has 1 N–H and O–H groups in total. The number of anilines is 1. The Morgan fingerprint density at radius 3 is 2.67 bits per heavy atom. The molecule has 0 saturated heterocycles. The van der Waals surface area contributed by atoms with Gasteiger partial charge in [-0.3, -0.25) is 4.79 Å². The van der Waals surface area contributed by atoms with Gasteiger partial charge in [0.1, 0.15) is 23.9 Å². The summed E-state index contributed by atoms with van der Waals surface area (Å²) in [4.78, 5) is 21.2. The number of carbonyl (C=O) groups excluding carboxylic acids is 1. The molecule has 13 heteroatoms. The Hall–Kier alpha value is -4.16. The van der Waals surface area contributed by atoms with Crippen LogP contribution in [0.5, 0.6) is 0 Å². The number of pyridine rings is 1. The van der Waals surface area contributed by atoms with Crippen molar-refractivity contribution < 1.29 is 26.7 Å². The van der Waals surface area contributed by atoms with Crippen LogP contribution in [0.2, 0.25) is 0 Å². The number of amides is 1. The molecule has 1 aromatic carbocycles. The average Bonchev–Trinajstić information content (AvgIpc) is 3.36. The van der Waals surface area contributed by atoms with Gasteiger partial charge in [0.15, 0.2) is 17.5 Å². The van der Waals surface area contributed by atoms with E-state index in [0.29, 0.717) is 5.92 Å². The molecule has 186 valence electrons. The second-order valence-corrected chi connectivity index (χ2v) is 8.41. The molecule has 36 heavy (non-hydrogen) atoms. The zero-order valence-corrected chi connectivity index (χ0v) is 18.7. The lowest BCUT2D eigenvalue weighted by Crippen LogP contribution is -2.24. The molecule has 0 aliphatic heterocycles. The maximum Gasteiger partial charge on any atom is 0.408 e. The van der Waals surface area contributed by atoms with Crippen molar-refractivity contribution in [2.24, 2.45) is 0 Å². The summed E-state index contributed by atoms with van der Waals surface area (Å²) in [5, 5.41) is 9.60. The van der Waals surface area contributed by atoms with Crippen LogP contribution in [0.15, 0.2) is 49.2 Å². The number of rotatable bonds is 6. The third-order valence-corrected chi connectivity index (χ3v) is 5.84. The van der Waals surface area contributed by atoms with E-state index in [9.17, 15) is 26.7 Å². The zero-order chi connectivity index (χ0) is 25.6. The highest BCUT2D eigenvalue weighted by Gasteiger charge is 2.39. The number of hydrogen-bond donors (Lipinski definition) is 1. The number of nitrogens with zero attached hydrogens (tertiary/aromatic N) is 6. The highest BCUT2D eigenvalue weighted by molar-refractivity contribution is 6.04. The first-order valence-electron chi connectivity index (χ1n) is 10.9. The van der Waals surface area contributed by atoms with Gasteiger partial charge >= 0.3 is 6.18 Å². The summed E-state index contributed by atoms with van der Waals surface area (Å²) in [5.41, 5.74) is 0.453. The molecule has 1 aliphatic rings. The molecule has 8 nitrogen and oxygen atoms in total. The summed E-state index contributed by atoms with van der Waals surface area (Å²) in [6.45, 7) is 0.941. The molecule has 0 radical (unpaired) electrons. The minimum Gasteiger partial charge on any atom is -0.306 e. The van der Waals surface area contributed by atoms with Gasteiger partial charge in [0, 0.05) is 18.2 Å². The third kappa shape index (κ3) is 4.55. The molecular weight excluding hydrogens is 485 g/mol. The SMILES string of the molecule is CC(n1cnnc1-c1cccc(NC(=O)c2cc(-n3cnc(C4CC4)c3)cc(F)c2F)n1)C(F)(F)F. The van der Waals surface area contributed by atoms with E-state index in [2.05, 4.69) is 25.5 Å². The lowest BCUT2D eigenvalue weighted by atomic mass is 10.1. The molecule has 1 fully saturated rings. The van der Waals surface area contributed by atoms with E-state index in [1.807, 2.05) is 0 Å². The van der Waals surface area contributed by atoms with E-state index in [1.165, 1.54) is 35.2 Å². The molecule has 1 saturated carbocycles. The fraction of sp³-hybridized carbons (Fsp3) is 0.261. The standard InChI is InChI=1S/C23H18F5N7O/c1-12(23(26,27)28)35-11-30-33-21(35)17-3-2-4-19(31-17)32-22(36)15-7-14(8-16(24)20(15)25)34-9-18(29-10-34)13-5-6-13/h2-4,7-13H,5-6H2,1H3,(H,31,32,36). The number of benzene rings is 1. The zero-order valence-electron chi connectivity index (χ0n) is 18.7. The lowest BCUT2D eigenvalue weighted by molar-refractivity contribution is -0.162. The number of nitrogens with one attached hydrogen (secondary N) is 1. The van der Waals surface area contributed by atoms with Crippen molar-refractivity contribution in [3.63, 3.8) is 0 Å². The normalized spacial score (nSPS) is 14.6. The monoisotopic (exact) mass is 503 g/mol. The number of aromatic nitrogens is 6. The number of carbonyl (C=O) groups is 1. The van der Waals surface area contributed by atoms with E-state index in [0.717, 1.165) is 42.4 Å². The number of halogens is 5. The summed E-state index contributed by atoms with van der Waals surface area (Å²) >= 11 is 0.